The van der Waals surface area contributed by atoms with Gasteiger partial charge in [-0.25, -0.2) is 0 Å². The van der Waals surface area contributed by atoms with E-state index in [2.05, 4.69) is 5.32 Å². The topological polar surface area (TPSA) is 65.7 Å². The predicted octanol–water partition coefficient (Wildman–Crippen LogP) is 2.60. The van der Waals surface area contributed by atoms with Crippen molar-refractivity contribution >= 4 is 5.91 Å². The number of benzene rings is 1. The lowest BCUT2D eigenvalue weighted by atomic mass is 10.0. The lowest BCUT2D eigenvalue weighted by molar-refractivity contribution is -0.127. The molecule has 1 amide bonds. The van der Waals surface area contributed by atoms with E-state index >= 15 is 0 Å². The van der Waals surface area contributed by atoms with Gasteiger partial charge in [0, 0.05) is 0 Å². The van der Waals surface area contributed by atoms with Crippen molar-refractivity contribution in [1.82, 2.24) is 10.2 Å². The first-order valence-electron chi connectivity index (χ1n) is 8.17. The Morgan fingerprint density at radius 3 is 2.50 bits per heavy atom. The fourth-order valence-corrected chi connectivity index (χ4v) is 2.59. The van der Waals surface area contributed by atoms with Crippen LogP contribution in [0.3, 0.4) is 0 Å². The van der Waals surface area contributed by atoms with Crippen LogP contribution < -0.4 is 5.32 Å². The molecule has 0 aliphatic heterocycles. The summed E-state index contributed by atoms with van der Waals surface area (Å²) in [7, 11) is 1.91. The summed E-state index contributed by atoms with van der Waals surface area (Å²) in [5.74, 6) is 1.03. The highest BCUT2D eigenvalue weighted by Gasteiger charge is 2.30. The Hall–Kier alpha value is -2.11. The minimum Gasteiger partial charge on any atom is -0.463 e. The summed E-state index contributed by atoms with van der Waals surface area (Å²) in [5.41, 5.74) is -0.330. The first kappa shape index (κ1) is 18.2. The molecule has 0 fully saturated rings. The van der Waals surface area contributed by atoms with E-state index in [1.54, 1.807) is 19.1 Å². The van der Waals surface area contributed by atoms with Crippen LogP contribution in [0.15, 0.2) is 46.9 Å². The van der Waals surface area contributed by atoms with Crippen molar-refractivity contribution < 1.29 is 14.3 Å². The van der Waals surface area contributed by atoms with Crippen LogP contribution in [0.25, 0.3) is 0 Å². The Bertz CT molecular complexity index is 664. The SMILES string of the molecule is CCN(C)C(C(=O)NCC(C)(O)c1ccc(C)o1)c1ccccc1. The van der Waals surface area contributed by atoms with Crippen molar-refractivity contribution in [2.24, 2.45) is 0 Å². The number of nitrogens with zero attached hydrogens (tertiary/aromatic N) is 1. The molecule has 0 aliphatic rings. The third-order valence-electron chi connectivity index (χ3n) is 4.18. The van der Waals surface area contributed by atoms with E-state index in [4.69, 9.17) is 4.42 Å². The molecule has 1 aromatic heterocycles. The van der Waals surface area contributed by atoms with E-state index in [9.17, 15) is 9.90 Å². The Labute approximate surface area is 143 Å². The molecule has 24 heavy (non-hydrogen) atoms. The van der Waals surface area contributed by atoms with Crippen LogP contribution in [-0.2, 0) is 10.4 Å². The molecule has 0 radical (unpaired) electrons. The normalized spacial score (nSPS) is 15.1. The van der Waals surface area contributed by atoms with Gasteiger partial charge in [-0.15, -0.1) is 0 Å². The molecular formula is C19H26N2O3. The van der Waals surface area contributed by atoms with E-state index in [-0.39, 0.29) is 12.5 Å². The molecule has 2 atom stereocenters. The molecule has 5 heteroatoms. The number of amides is 1. The highest BCUT2D eigenvalue weighted by Crippen LogP contribution is 2.23. The van der Waals surface area contributed by atoms with Crippen molar-refractivity contribution in [3.8, 4) is 0 Å². The zero-order valence-corrected chi connectivity index (χ0v) is 14.7. The number of nitrogens with one attached hydrogen (secondary N) is 1. The maximum Gasteiger partial charge on any atom is 0.242 e. The first-order valence-corrected chi connectivity index (χ1v) is 8.17. The number of likely N-dealkylation sites (N-methyl/N-ethyl adjacent to an activating group) is 1. The maximum absolute atomic E-state index is 12.7. The van der Waals surface area contributed by atoms with E-state index < -0.39 is 11.6 Å². The molecule has 2 N–H and O–H groups in total. The van der Waals surface area contributed by atoms with Crippen LogP contribution in [0, 0.1) is 6.92 Å². The number of aryl methyl sites for hydroxylation is 1. The quantitative estimate of drug-likeness (QED) is 0.819. The minimum absolute atomic E-state index is 0.0830. The van der Waals surface area contributed by atoms with Crippen LogP contribution in [0.2, 0.25) is 0 Å². The molecule has 0 bridgehead atoms. The number of carbonyl (C=O) groups excluding carboxylic acids is 1. The molecule has 0 saturated carbocycles. The van der Waals surface area contributed by atoms with E-state index in [0.29, 0.717) is 5.76 Å². The zero-order valence-electron chi connectivity index (χ0n) is 14.7. The van der Waals surface area contributed by atoms with Gasteiger partial charge in [0.1, 0.15) is 23.2 Å². The first-order chi connectivity index (χ1) is 11.3. The van der Waals surface area contributed by atoms with Crippen molar-refractivity contribution in [2.45, 2.75) is 32.4 Å². The number of hydrogen-bond acceptors (Lipinski definition) is 4. The predicted molar refractivity (Wildman–Crippen MR) is 93.5 cm³/mol. The van der Waals surface area contributed by atoms with Crippen LogP contribution in [0.4, 0.5) is 0 Å². The number of carbonyl (C=O) groups is 1. The Morgan fingerprint density at radius 2 is 1.96 bits per heavy atom. The summed E-state index contributed by atoms with van der Waals surface area (Å²) in [5, 5.41) is 13.4. The standard InChI is InChI=1S/C19H26N2O3/c1-5-21(4)17(15-9-7-6-8-10-15)18(22)20-13-19(3,23)16-12-11-14(2)24-16/h6-12,17,23H,5,13H2,1-4H3,(H,20,22). The van der Waals surface area contributed by atoms with Gasteiger partial charge in [0.25, 0.3) is 0 Å². The Kier molecular flexibility index (Phi) is 5.80. The highest BCUT2D eigenvalue weighted by molar-refractivity contribution is 5.83. The van der Waals surface area contributed by atoms with Crippen molar-refractivity contribution in [3.63, 3.8) is 0 Å². The van der Waals surface area contributed by atoms with Crippen molar-refractivity contribution in [2.75, 3.05) is 20.1 Å². The summed E-state index contributed by atoms with van der Waals surface area (Å²) >= 11 is 0. The second kappa shape index (κ2) is 7.64. The number of furan rings is 1. The molecule has 0 aliphatic carbocycles. The van der Waals surface area contributed by atoms with E-state index in [1.807, 2.05) is 56.1 Å². The molecule has 5 nitrogen and oxygen atoms in total. The Morgan fingerprint density at radius 1 is 1.29 bits per heavy atom. The van der Waals surface area contributed by atoms with Gasteiger partial charge in [0.05, 0.1) is 6.54 Å². The fourth-order valence-electron chi connectivity index (χ4n) is 2.59. The number of aliphatic hydroxyl groups is 1. The molecule has 130 valence electrons. The van der Waals surface area contributed by atoms with Gasteiger partial charge in [-0.05, 0) is 45.1 Å². The molecule has 0 spiro atoms. The molecule has 0 saturated heterocycles. The number of hydrogen-bond donors (Lipinski definition) is 2. The van der Waals surface area contributed by atoms with Crippen LogP contribution in [0.1, 0.15) is 37.0 Å². The van der Waals surface area contributed by atoms with Gasteiger partial charge < -0.3 is 14.8 Å². The van der Waals surface area contributed by atoms with Gasteiger partial charge in [-0.1, -0.05) is 37.3 Å². The maximum atomic E-state index is 12.7. The van der Waals surface area contributed by atoms with E-state index in [0.717, 1.165) is 17.9 Å². The summed E-state index contributed by atoms with van der Waals surface area (Å²) in [4.78, 5) is 14.7. The molecule has 1 heterocycles. The largest absolute Gasteiger partial charge is 0.463 e. The third kappa shape index (κ3) is 4.24. The summed E-state index contributed by atoms with van der Waals surface area (Å²) in [6.07, 6.45) is 0. The highest BCUT2D eigenvalue weighted by atomic mass is 16.4. The second-order valence-electron chi connectivity index (χ2n) is 6.29. The van der Waals surface area contributed by atoms with Gasteiger partial charge in [-0.3, -0.25) is 9.69 Å². The summed E-state index contributed by atoms with van der Waals surface area (Å²) < 4.78 is 5.48. The van der Waals surface area contributed by atoms with Crippen molar-refractivity contribution in [3.05, 3.63) is 59.5 Å². The lowest BCUT2D eigenvalue weighted by Gasteiger charge is -2.28. The fraction of sp³-hybridized carbons (Fsp3) is 0.421. The van der Waals surface area contributed by atoms with Crippen molar-refractivity contribution in [1.29, 1.82) is 0 Å². The van der Waals surface area contributed by atoms with Gasteiger partial charge in [0.2, 0.25) is 5.91 Å². The molecule has 2 rings (SSSR count). The summed E-state index contributed by atoms with van der Waals surface area (Å²) in [6, 6.07) is 12.8. The molecular weight excluding hydrogens is 304 g/mol. The smallest absolute Gasteiger partial charge is 0.242 e. The lowest BCUT2D eigenvalue weighted by Crippen LogP contribution is -2.44. The molecule has 2 aromatic rings. The van der Waals surface area contributed by atoms with E-state index in [1.165, 1.54) is 0 Å². The monoisotopic (exact) mass is 330 g/mol. The third-order valence-corrected chi connectivity index (χ3v) is 4.18. The van der Waals surface area contributed by atoms with Crippen LogP contribution in [-0.4, -0.2) is 36.1 Å². The van der Waals surface area contributed by atoms with Gasteiger partial charge >= 0.3 is 0 Å². The minimum atomic E-state index is -1.25. The van der Waals surface area contributed by atoms with Crippen LogP contribution in [0.5, 0.6) is 0 Å². The molecule has 2 unspecified atom stereocenters. The number of rotatable bonds is 7. The average Bonchev–Trinajstić information content (AvgIpc) is 3.01. The zero-order chi connectivity index (χ0) is 17.7. The van der Waals surface area contributed by atoms with Gasteiger partial charge in [-0.2, -0.15) is 0 Å². The Balaban J connectivity index is 2.10. The second-order valence-corrected chi connectivity index (χ2v) is 6.29. The van der Waals surface area contributed by atoms with Crippen LogP contribution >= 0.6 is 0 Å². The van der Waals surface area contributed by atoms with Gasteiger partial charge in [0.15, 0.2) is 0 Å². The molecule has 1 aromatic carbocycles. The average molecular weight is 330 g/mol. The summed E-state index contributed by atoms with van der Waals surface area (Å²) in [6.45, 7) is 6.28.